The van der Waals surface area contributed by atoms with E-state index in [9.17, 15) is 4.79 Å². The zero-order chi connectivity index (χ0) is 10.9. The summed E-state index contributed by atoms with van der Waals surface area (Å²) in [5.74, 6) is 0.564. The topological polar surface area (TPSA) is 40.5 Å². The molecular formula is C11H21NO2. The monoisotopic (exact) mass is 199 g/mol. The molecule has 0 aromatic rings. The molecule has 0 saturated carbocycles. The number of carboxylic acid groups (broad SMARTS) is 1. The van der Waals surface area contributed by atoms with Gasteiger partial charge in [-0.3, -0.25) is 9.69 Å². The van der Waals surface area contributed by atoms with Gasteiger partial charge in [0.2, 0.25) is 0 Å². The number of aliphatic carboxylic acids is 1. The van der Waals surface area contributed by atoms with Gasteiger partial charge >= 0.3 is 5.97 Å². The number of rotatable bonds is 3. The van der Waals surface area contributed by atoms with Gasteiger partial charge in [0.15, 0.2) is 0 Å². The number of hydrogen-bond acceptors (Lipinski definition) is 2. The van der Waals surface area contributed by atoms with Crippen molar-refractivity contribution in [3.05, 3.63) is 0 Å². The van der Waals surface area contributed by atoms with Crippen molar-refractivity contribution in [2.24, 2.45) is 11.8 Å². The molecule has 0 aromatic heterocycles. The van der Waals surface area contributed by atoms with Gasteiger partial charge in [0.05, 0.1) is 0 Å². The van der Waals surface area contributed by atoms with Gasteiger partial charge in [-0.05, 0) is 25.7 Å². The Labute approximate surface area is 86.1 Å². The van der Waals surface area contributed by atoms with Crippen molar-refractivity contribution in [3.63, 3.8) is 0 Å². The van der Waals surface area contributed by atoms with E-state index in [0.717, 1.165) is 19.5 Å². The van der Waals surface area contributed by atoms with Gasteiger partial charge < -0.3 is 5.11 Å². The van der Waals surface area contributed by atoms with Crippen LogP contribution in [0.5, 0.6) is 0 Å². The molecule has 82 valence electrons. The average molecular weight is 199 g/mol. The Hall–Kier alpha value is -0.570. The predicted molar refractivity (Wildman–Crippen MR) is 56.2 cm³/mol. The van der Waals surface area contributed by atoms with Gasteiger partial charge in [0.25, 0.3) is 0 Å². The molecule has 2 atom stereocenters. The first kappa shape index (κ1) is 11.5. The van der Waals surface area contributed by atoms with E-state index in [1.54, 1.807) is 13.8 Å². The zero-order valence-corrected chi connectivity index (χ0v) is 9.58. The molecule has 1 rings (SSSR count). The highest BCUT2D eigenvalue weighted by Crippen LogP contribution is 2.30. The largest absolute Gasteiger partial charge is 0.480 e. The van der Waals surface area contributed by atoms with Crippen LogP contribution in [-0.4, -0.2) is 34.6 Å². The summed E-state index contributed by atoms with van der Waals surface area (Å²) in [6, 6.07) is 0. The second kappa shape index (κ2) is 3.89. The van der Waals surface area contributed by atoms with E-state index in [0.29, 0.717) is 11.8 Å². The van der Waals surface area contributed by atoms with Crippen LogP contribution in [-0.2, 0) is 4.79 Å². The fourth-order valence-electron chi connectivity index (χ4n) is 2.16. The van der Waals surface area contributed by atoms with E-state index in [1.165, 1.54) is 0 Å². The molecule has 1 saturated heterocycles. The van der Waals surface area contributed by atoms with Gasteiger partial charge in [0.1, 0.15) is 5.54 Å². The van der Waals surface area contributed by atoms with E-state index in [4.69, 9.17) is 5.11 Å². The maximum absolute atomic E-state index is 11.1. The molecule has 1 fully saturated rings. The van der Waals surface area contributed by atoms with Crippen molar-refractivity contribution >= 4 is 5.97 Å². The van der Waals surface area contributed by atoms with Crippen LogP contribution in [0.4, 0.5) is 0 Å². The molecule has 0 radical (unpaired) electrons. The highest BCUT2D eigenvalue weighted by Gasteiger charge is 2.41. The number of hydrogen-bond donors (Lipinski definition) is 1. The first-order valence-corrected chi connectivity index (χ1v) is 5.38. The standard InChI is InChI=1S/C11H21NO2/c1-5-9-7-12(6-8(9)2)11(3,4)10(13)14/h8-9H,5-7H2,1-4H3,(H,13,14)/t8-,9-/m1/s1. The molecule has 0 bridgehead atoms. The van der Waals surface area contributed by atoms with Crippen molar-refractivity contribution in [2.45, 2.75) is 39.7 Å². The summed E-state index contributed by atoms with van der Waals surface area (Å²) in [5.41, 5.74) is -0.710. The molecular weight excluding hydrogens is 178 g/mol. The fraction of sp³-hybridized carbons (Fsp3) is 0.909. The van der Waals surface area contributed by atoms with Gasteiger partial charge in [-0.15, -0.1) is 0 Å². The lowest BCUT2D eigenvalue weighted by Crippen LogP contribution is -2.49. The molecule has 14 heavy (non-hydrogen) atoms. The summed E-state index contributed by atoms with van der Waals surface area (Å²) in [5, 5.41) is 9.11. The smallest absolute Gasteiger partial charge is 0.323 e. The lowest BCUT2D eigenvalue weighted by molar-refractivity contribution is -0.148. The van der Waals surface area contributed by atoms with Crippen LogP contribution in [0.15, 0.2) is 0 Å². The molecule has 0 amide bonds. The van der Waals surface area contributed by atoms with Gasteiger partial charge in [0, 0.05) is 13.1 Å². The van der Waals surface area contributed by atoms with Crippen molar-refractivity contribution < 1.29 is 9.90 Å². The normalized spacial score (nSPS) is 29.4. The summed E-state index contributed by atoms with van der Waals surface area (Å²) in [4.78, 5) is 13.2. The van der Waals surface area contributed by atoms with Gasteiger partial charge in [-0.1, -0.05) is 20.3 Å². The third kappa shape index (κ3) is 1.92. The minimum absolute atomic E-state index is 0.624. The minimum Gasteiger partial charge on any atom is -0.480 e. The Morgan fingerprint density at radius 2 is 2.07 bits per heavy atom. The van der Waals surface area contributed by atoms with Crippen LogP contribution in [0.1, 0.15) is 34.1 Å². The van der Waals surface area contributed by atoms with Crippen LogP contribution in [0.3, 0.4) is 0 Å². The first-order valence-electron chi connectivity index (χ1n) is 5.38. The Balaban J connectivity index is 2.69. The maximum atomic E-state index is 11.1. The third-order valence-electron chi connectivity index (χ3n) is 3.61. The SMILES string of the molecule is CC[C@@H]1CN(C(C)(C)C(=O)O)C[C@H]1C. The Morgan fingerprint density at radius 1 is 1.50 bits per heavy atom. The highest BCUT2D eigenvalue weighted by molar-refractivity contribution is 5.77. The van der Waals surface area contributed by atoms with Crippen LogP contribution >= 0.6 is 0 Å². The summed E-state index contributed by atoms with van der Waals surface area (Å²) in [6.45, 7) is 9.82. The second-order valence-corrected chi connectivity index (χ2v) is 4.91. The second-order valence-electron chi connectivity index (χ2n) is 4.91. The van der Waals surface area contributed by atoms with Crippen LogP contribution < -0.4 is 0 Å². The van der Waals surface area contributed by atoms with Crippen LogP contribution in [0.25, 0.3) is 0 Å². The summed E-state index contributed by atoms with van der Waals surface area (Å²) in [6.07, 6.45) is 1.15. The summed E-state index contributed by atoms with van der Waals surface area (Å²) in [7, 11) is 0. The third-order valence-corrected chi connectivity index (χ3v) is 3.61. The number of nitrogens with zero attached hydrogens (tertiary/aromatic N) is 1. The van der Waals surface area contributed by atoms with E-state index in [2.05, 4.69) is 18.7 Å². The summed E-state index contributed by atoms with van der Waals surface area (Å²) >= 11 is 0. The molecule has 0 aliphatic carbocycles. The minimum atomic E-state index is -0.721. The van der Waals surface area contributed by atoms with Crippen molar-refractivity contribution in [1.82, 2.24) is 4.90 Å². The van der Waals surface area contributed by atoms with Crippen molar-refractivity contribution in [1.29, 1.82) is 0 Å². The molecule has 0 unspecified atom stereocenters. The number of likely N-dealkylation sites (tertiary alicyclic amines) is 1. The van der Waals surface area contributed by atoms with Gasteiger partial charge in [-0.2, -0.15) is 0 Å². The van der Waals surface area contributed by atoms with Crippen molar-refractivity contribution in [3.8, 4) is 0 Å². The van der Waals surface area contributed by atoms with Crippen LogP contribution in [0, 0.1) is 11.8 Å². The Kier molecular flexibility index (Phi) is 3.20. The van der Waals surface area contributed by atoms with Crippen molar-refractivity contribution in [2.75, 3.05) is 13.1 Å². The number of carbonyl (C=O) groups is 1. The molecule has 0 aromatic carbocycles. The molecule has 1 N–H and O–H groups in total. The number of carboxylic acids is 1. The molecule has 1 aliphatic heterocycles. The van der Waals surface area contributed by atoms with E-state index in [-0.39, 0.29) is 0 Å². The van der Waals surface area contributed by atoms with E-state index < -0.39 is 11.5 Å². The first-order chi connectivity index (χ1) is 6.39. The quantitative estimate of drug-likeness (QED) is 0.754. The van der Waals surface area contributed by atoms with E-state index >= 15 is 0 Å². The van der Waals surface area contributed by atoms with E-state index in [1.807, 2.05) is 0 Å². The Morgan fingerprint density at radius 3 is 2.43 bits per heavy atom. The predicted octanol–water partition coefficient (Wildman–Crippen LogP) is 1.83. The maximum Gasteiger partial charge on any atom is 0.323 e. The Bertz CT molecular complexity index is 225. The zero-order valence-electron chi connectivity index (χ0n) is 9.58. The molecule has 1 aliphatic rings. The average Bonchev–Trinajstić information content (AvgIpc) is 2.47. The lowest BCUT2D eigenvalue weighted by atomic mass is 9.96. The summed E-state index contributed by atoms with van der Waals surface area (Å²) < 4.78 is 0. The molecule has 3 heteroatoms. The lowest BCUT2D eigenvalue weighted by Gasteiger charge is -2.31. The van der Waals surface area contributed by atoms with Gasteiger partial charge in [-0.25, -0.2) is 0 Å². The molecule has 1 heterocycles. The molecule has 0 spiro atoms. The highest BCUT2D eigenvalue weighted by atomic mass is 16.4. The fourth-order valence-corrected chi connectivity index (χ4v) is 2.16. The van der Waals surface area contributed by atoms with Crippen LogP contribution in [0.2, 0.25) is 0 Å². The molecule has 3 nitrogen and oxygen atoms in total.